The zero-order chi connectivity index (χ0) is 27.1. The third kappa shape index (κ3) is 6.32. The molecule has 18 heteroatoms. The summed E-state index contributed by atoms with van der Waals surface area (Å²) in [5.74, 6) is -1.80. The van der Waals surface area contributed by atoms with Gasteiger partial charge in [-0.3, -0.25) is 19.3 Å². The molecule has 0 radical (unpaired) electrons. The number of amides is 3. The molecule has 3 N–H and O–H groups in total. The van der Waals surface area contributed by atoms with Gasteiger partial charge in [-0.15, -0.1) is 33.3 Å². The molecule has 0 spiro atoms. The number of oxime groups is 1. The lowest BCUT2D eigenvalue weighted by atomic mass is 10.0. The number of anilines is 1. The van der Waals surface area contributed by atoms with Gasteiger partial charge in [0.15, 0.2) is 15.2 Å². The third-order valence-electron chi connectivity index (χ3n) is 5.07. The van der Waals surface area contributed by atoms with Gasteiger partial charge in [0.05, 0.1) is 6.61 Å². The number of aromatic nitrogens is 3. The van der Waals surface area contributed by atoms with E-state index in [1.807, 2.05) is 6.92 Å². The summed E-state index contributed by atoms with van der Waals surface area (Å²) in [6, 6.07) is -0.973. The second kappa shape index (κ2) is 13.1. The molecule has 2 aromatic rings. The number of ether oxygens (including phenoxy) is 1. The minimum atomic E-state index is -1.22. The van der Waals surface area contributed by atoms with Gasteiger partial charge < -0.3 is 25.3 Å². The number of hydrogen-bond acceptors (Lipinski definition) is 14. The number of rotatable bonds is 14. The lowest BCUT2D eigenvalue weighted by Crippen LogP contribution is -2.71. The standard InChI is InChI=1S/C20H21N7O7S4/c1-2-33-3-4-34-26-12(11-7-36-19(23-11)21-8-28)15(29)24-13-16(30)27-14(18(31)32)10(5-35-17(13)27)6-37-20-25-22-9-38-20/h7-9,13,17H,2-6H2,1H3,(H,24,29)(H,31,32)(H,21,23,28)/b26-12+/t13?,17-/m1/s1. The first-order valence-corrected chi connectivity index (χ1v) is 14.8. The minimum absolute atomic E-state index is 0.0768. The Labute approximate surface area is 232 Å². The number of fused-ring (bicyclic) bond motifs is 1. The highest BCUT2D eigenvalue weighted by molar-refractivity contribution is 8.01. The van der Waals surface area contributed by atoms with Crippen LogP contribution in [-0.2, 0) is 28.8 Å². The van der Waals surface area contributed by atoms with Crippen LogP contribution in [-0.4, -0.2) is 97.8 Å². The molecule has 2 atom stereocenters. The molecule has 0 bridgehead atoms. The van der Waals surface area contributed by atoms with E-state index in [9.17, 15) is 24.3 Å². The van der Waals surface area contributed by atoms with Crippen LogP contribution in [0.25, 0.3) is 0 Å². The van der Waals surface area contributed by atoms with Gasteiger partial charge >= 0.3 is 5.97 Å². The molecule has 4 rings (SSSR count). The summed E-state index contributed by atoms with van der Waals surface area (Å²) in [7, 11) is 0. The SMILES string of the molecule is CCOCCO/N=C(/C(=O)NC1C(=O)N2C(C(=O)O)=C(CSc3nncs3)CS[C@H]12)c1csc(NC=O)n1. The number of carboxylic acid groups (broad SMARTS) is 1. The van der Waals surface area contributed by atoms with E-state index in [1.165, 1.54) is 45.1 Å². The highest BCUT2D eigenvalue weighted by Crippen LogP contribution is 2.41. The number of thiazole rings is 1. The van der Waals surface area contributed by atoms with E-state index in [2.05, 4.69) is 31.0 Å². The molecule has 202 valence electrons. The van der Waals surface area contributed by atoms with Gasteiger partial charge in [-0.2, -0.15) is 0 Å². The normalized spacial score (nSPS) is 19.0. The lowest BCUT2D eigenvalue weighted by molar-refractivity contribution is -0.150. The summed E-state index contributed by atoms with van der Waals surface area (Å²) in [6.07, 6.45) is 0.453. The smallest absolute Gasteiger partial charge is 0.352 e. The maximum Gasteiger partial charge on any atom is 0.352 e. The Morgan fingerprint density at radius 1 is 1.37 bits per heavy atom. The Bertz CT molecular complexity index is 1250. The molecule has 2 aromatic heterocycles. The van der Waals surface area contributed by atoms with Crippen LogP contribution in [0.2, 0.25) is 0 Å². The van der Waals surface area contributed by atoms with Crippen molar-refractivity contribution >= 4 is 81.2 Å². The average molecular weight is 600 g/mol. The molecule has 1 fully saturated rings. The van der Waals surface area contributed by atoms with Crippen molar-refractivity contribution in [2.45, 2.75) is 22.7 Å². The number of hydrogen-bond donors (Lipinski definition) is 3. The highest BCUT2D eigenvalue weighted by Gasteiger charge is 2.54. The van der Waals surface area contributed by atoms with Gasteiger partial charge in [0.2, 0.25) is 6.41 Å². The number of nitrogens with one attached hydrogen (secondary N) is 2. The molecule has 0 aromatic carbocycles. The molecule has 3 amide bonds. The Hall–Kier alpha value is -3.06. The molecule has 2 aliphatic rings. The molecule has 0 aliphatic carbocycles. The fourth-order valence-electron chi connectivity index (χ4n) is 3.43. The number of nitrogens with zero attached hydrogens (tertiary/aromatic N) is 5. The molecule has 1 saturated heterocycles. The first-order valence-electron chi connectivity index (χ1n) is 11.0. The number of aliphatic carboxylic acids is 1. The first-order chi connectivity index (χ1) is 18.4. The summed E-state index contributed by atoms with van der Waals surface area (Å²) in [5.41, 5.74) is 2.01. The van der Waals surface area contributed by atoms with Crippen LogP contribution in [0.15, 0.2) is 31.7 Å². The van der Waals surface area contributed by atoms with Gasteiger partial charge in [-0.1, -0.05) is 28.3 Å². The van der Waals surface area contributed by atoms with Crippen LogP contribution in [0.3, 0.4) is 0 Å². The van der Waals surface area contributed by atoms with E-state index < -0.39 is 29.2 Å². The fourth-order valence-corrected chi connectivity index (χ4v) is 7.06. The van der Waals surface area contributed by atoms with E-state index >= 15 is 0 Å². The predicted octanol–water partition coefficient (Wildman–Crippen LogP) is 0.851. The van der Waals surface area contributed by atoms with Crippen molar-refractivity contribution in [1.82, 2.24) is 25.4 Å². The quantitative estimate of drug-likeness (QED) is 0.0695. The zero-order valence-corrected chi connectivity index (χ0v) is 23.0. The minimum Gasteiger partial charge on any atom is -0.477 e. The van der Waals surface area contributed by atoms with Gasteiger partial charge in [0, 0.05) is 23.5 Å². The Kier molecular flexibility index (Phi) is 9.67. The monoisotopic (exact) mass is 599 g/mol. The van der Waals surface area contributed by atoms with Crippen LogP contribution in [0.4, 0.5) is 5.13 Å². The Morgan fingerprint density at radius 2 is 2.21 bits per heavy atom. The lowest BCUT2D eigenvalue weighted by Gasteiger charge is -2.49. The largest absolute Gasteiger partial charge is 0.477 e. The van der Waals surface area contributed by atoms with Crippen LogP contribution in [0.5, 0.6) is 0 Å². The van der Waals surface area contributed by atoms with E-state index in [0.29, 0.717) is 34.4 Å². The van der Waals surface area contributed by atoms with Crippen molar-refractivity contribution < 1.29 is 33.9 Å². The molecular weight excluding hydrogens is 579 g/mol. The summed E-state index contributed by atoms with van der Waals surface area (Å²) >= 11 is 5.11. The zero-order valence-electron chi connectivity index (χ0n) is 19.7. The summed E-state index contributed by atoms with van der Waals surface area (Å²) in [4.78, 5) is 59.5. The number of carboxylic acids is 1. The van der Waals surface area contributed by atoms with E-state index in [0.717, 1.165) is 11.3 Å². The topological polar surface area (TPSA) is 185 Å². The van der Waals surface area contributed by atoms with Crippen molar-refractivity contribution in [3.05, 3.63) is 27.9 Å². The second-order valence-electron chi connectivity index (χ2n) is 7.38. The molecule has 38 heavy (non-hydrogen) atoms. The summed E-state index contributed by atoms with van der Waals surface area (Å²) < 4.78 is 5.88. The number of carbonyl (C=O) groups is 4. The third-order valence-corrected chi connectivity index (χ3v) is 9.13. The molecule has 1 unspecified atom stereocenters. The van der Waals surface area contributed by atoms with Crippen LogP contribution in [0.1, 0.15) is 12.6 Å². The predicted molar refractivity (Wildman–Crippen MR) is 141 cm³/mol. The van der Waals surface area contributed by atoms with Gasteiger partial charge in [-0.05, 0) is 12.5 Å². The second-order valence-corrected chi connectivity index (χ2v) is 11.4. The fraction of sp³-hybridized carbons (Fsp3) is 0.400. The van der Waals surface area contributed by atoms with Crippen molar-refractivity contribution in [2.24, 2.45) is 5.16 Å². The van der Waals surface area contributed by atoms with E-state index in [4.69, 9.17) is 9.57 Å². The van der Waals surface area contributed by atoms with E-state index in [1.54, 1.807) is 5.51 Å². The molecule has 0 saturated carbocycles. The molecule has 4 heterocycles. The number of thioether (sulfide) groups is 2. The maximum atomic E-state index is 13.2. The van der Waals surface area contributed by atoms with Crippen LogP contribution >= 0.6 is 46.2 Å². The number of β-lactam (4-membered cyclic amide) rings is 1. The van der Waals surface area contributed by atoms with Gasteiger partial charge in [0.25, 0.3) is 11.8 Å². The van der Waals surface area contributed by atoms with Crippen molar-refractivity contribution in [3.63, 3.8) is 0 Å². The maximum absolute atomic E-state index is 13.2. The number of carbonyl (C=O) groups excluding carboxylic acids is 3. The Balaban J connectivity index is 1.47. The van der Waals surface area contributed by atoms with Crippen molar-refractivity contribution in [1.29, 1.82) is 0 Å². The Morgan fingerprint density at radius 3 is 2.92 bits per heavy atom. The molecular formula is C20H21N7O7S4. The van der Waals surface area contributed by atoms with Crippen molar-refractivity contribution in [2.75, 3.05) is 36.6 Å². The molecule has 14 nitrogen and oxygen atoms in total. The first kappa shape index (κ1) is 28.0. The van der Waals surface area contributed by atoms with Crippen LogP contribution in [0, 0.1) is 0 Å². The van der Waals surface area contributed by atoms with Crippen molar-refractivity contribution in [3.8, 4) is 0 Å². The van der Waals surface area contributed by atoms with Crippen LogP contribution < -0.4 is 10.6 Å². The summed E-state index contributed by atoms with van der Waals surface area (Å²) in [5, 5.41) is 27.6. The molecule has 2 aliphatic heterocycles. The van der Waals surface area contributed by atoms with Gasteiger partial charge in [-0.25, -0.2) is 9.78 Å². The average Bonchev–Trinajstić information content (AvgIpc) is 3.60. The highest BCUT2D eigenvalue weighted by atomic mass is 32.2. The van der Waals surface area contributed by atoms with Gasteiger partial charge in [0.1, 0.15) is 34.9 Å². The van der Waals surface area contributed by atoms with E-state index in [-0.39, 0.29) is 35.4 Å². The summed E-state index contributed by atoms with van der Waals surface area (Å²) in [6.45, 7) is 2.64.